The van der Waals surface area contributed by atoms with Crippen LogP contribution >= 0.6 is 0 Å². The molecule has 1 N–H and O–H groups in total. The van der Waals surface area contributed by atoms with Crippen molar-refractivity contribution in [1.82, 2.24) is 0 Å². The second-order valence-electron chi connectivity index (χ2n) is 3.56. The molecule has 1 saturated heterocycles. The van der Waals surface area contributed by atoms with Crippen LogP contribution in [0.15, 0.2) is 0 Å². The number of fused-ring (bicyclic) bond motifs is 1. The van der Waals surface area contributed by atoms with E-state index < -0.39 is 5.60 Å². The van der Waals surface area contributed by atoms with Crippen molar-refractivity contribution in [3.63, 3.8) is 0 Å². The van der Waals surface area contributed by atoms with Crippen LogP contribution in [-0.4, -0.2) is 23.9 Å². The minimum Gasteiger partial charge on any atom is -0.387 e. The van der Waals surface area contributed by atoms with E-state index in [1.165, 1.54) is 12.8 Å². The van der Waals surface area contributed by atoms with E-state index in [1.54, 1.807) is 0 Å². The molecule has 0 amide bonds. The van der Waals surface area contributed by atoms with Gasteiger partial charge in [0.1, 0.15) is 0 Å². The molecule has 1 heterocycles. The summed E-state index contributed by atoms with van der Waals surface area (Å²) in [6.45, 7) is 1.37. The zero-order valence-corrected chi connectivity index (χ0v) is 6.18. The van der Waals surface area contributed by atoms with Gasteiger partial charge in [-0.25, -0.2) is 0 Å². The van der Waals surface area contributed by atoms with E-state index in [-0.39, 0.29) is 0 Å². The van der Waals surface area contributed by atoms with Crippen molar-refractivity contribution in [2.45, 2.75) is 31.3 Å². The van der Waals surface area contributed by atoms with Gasteiger partial charge in [-0.3, -0.25) is 0 Å². The third kappa shape index (κ3) is 0.867. The second-order valence-corrected chi connectivity index (χ2v) is 3.56. The van der Waals surface area contributed by atoms with Crippen LogP contribution in [0.5, 0.6) is 0 Å². The Balaban J connectivity index is 2.10. The highest BCUT2D eigenvalue weighted by Crippen LogP contribution is 2.37. The summed E-state index contributed by atoms with van der Waals surface area (Å²) >= 11 is 0. The first-order valence-corrected chi connectivity index (χ1v) is 4.11. The Bertz CT molecular complexity index is 135. The van der Waals surface area contributed by atoms with Crippen molar-refractivity contribution in [1.29, 1.82) is 0 Å². The molecule has 0 aromatic heterocycles. The fourth-order valence-electron chi connectivity index (χ4n) is 2.10. The van der Waals surface area contributed by atoms with Crippen molar-refractivity contribution in [3.8, 4) is 0 Å². The zero-order chi connectivity index (χ0) is 7.03. The molecule has 0 bridgehead atoms. The molecule has 2 nitrogen and oxygen atoms in total. The van der Waals surface area contributed by atoms with E-state index in [2.05, 4.69) is 0 Å². The van der Waals surface area contributed by atoms with E-state index in [9.17, 15) is 5.11 Å². The summed E-state index contributed by atoms with van der Waals surface area (Å²) in [6.07, 6.45) is 4.57. The molecule has 0 aromatic rings. The topological polar surface area (TPSA) is 29.5 Å². The molecule has 2 aliphatic rings. The van der Waals surface area contributed by atoms with E-state index in [4.69, 9.17) is 4.74 Å². The molecular weight excluding hydrogens is 128 g/mol. The Morgan fingerprint density at radius 2 is 2.30 bits per heavy atom. The average Bonchev–Trinajstić information content (AvgIpc) is 2.29. The summed E-state index contributed by atoms with van der Waals surface area (Å²) < 4.78 is 5.24. The minimum absolute atomic E-state index is 0.432. The van der Waals surface area contributed by atoms with Crippen LogP contribution in [0.25, 0.3) is 0 Å². The van der Waals surface area contributed by atoms with E-state index in [0.29, 0.717) is 12.5 Å². The van der Waals surface area contributed by atoms with Crippen molar-refractivity contribution >= 4 is 0 Å². The summed E-state index contributed by atoms with van der Waals surface area (Å²) in [4.78, 5) is 0. The quantitative estimate of drug-likeness (QED) is 0.545. The Kier molecular flexibility index (Phi) is 1.46. The Morgan fingerprint density at radius 1 is 1.40 bits per heavy atom. The summed E-state index contributed by atoms with van der Waals surface area (Å²) in [5, 5.41) is 9.89. The predicted octanol–water partition coefficient (Wildman–Crippen LogP) is 0.938. The van der Waals surface area contributed by atoms with Crippen molar-refractivity contribution in [2.75, 3.05) is 13.2 Å². The van der Waals surface area contributed by atoms with Crippen LogP contribution < -0.4 is 0 Å². The van der Waals surface area contributed by atoms with Gasteiger partial charge in [-0.2, -0.15) is 0 Å². The first-order valence-electron chi connectivity index (χ1n) is 4.11. The largest absolute Gasteiger partial charge is 0.387 e. The van der Waals surface area contributed by atoms with Gasteiger partial charge in [0.05, 0.1) is 18.8 Å². The van der Waals surface area contributed by atoms with Crippen LogP contribution in [-0.2, 0) is 4.74 Å². The van der Waals surface area contributed by atoms with Gasteiger partial charge < -0.3 is 9.84 Å². The summed E-state index contributed by atoms with van der Waals surface area (Å²) in [7, 11) is 0. The lowest BCUT2D eigenvalue weighted by atomic mass is 9.78. The third-order valence-electron chi connectivity index (χ3n) is 2.84. The van der Waals surface area contributed by atoms with Crippen LogP contribution in [0.4, 0.5) is 0 Å². The molecule has 0 aromatic carbocycles. The van der Waals surface area contributed by atoms with Crippen molar-refractivity contribution < 1.29 is 9.84 Å². The molecule has 1 aliphatic carbocycles. The van der Waals surface area contributed by atoms with E-state index in [0.717, 1.165) is 19.4 Å². The highest BCUT2D eigenvalue weighted by molar-refractivity contribution is 4.93. The third-order valence-corrected chi connectivity index (χ3v) is 2.84. The average molecular weight is 142 g/mol. The van der Waals surface area contributed by atoms with Crippen LogP contribution in [0, 0.1) is 5.92 Å². The molecule has 2 atom stereocenters. The Morgan fingerprint density at radius 3 is 3.10 bits per heavy atom. The van der Waals surface area contributed by atoms with Crippen molar-refractivity contribution in [2.24, 2.45) is 5.92 Å². The maximum atomic E-state index is 9.89. The van der Waals surface area contributed by atoms with Crippen LogP contribution in [0.3, 0.4) is 0 Å². The fraction of sp³-hybridized carbons (Fsp3) is 1.00. The van der Waals surface area contributed by atoms with Gasteiger partial charge in [0.25, 0.3) is 0 Å². The smallest absolute Gasteiger partial charge is 0.0930 e. The Labute approximate surface area is 61.2 Å². The molecule has 2 heteroatoms. The normalized spacial score (nSPS) is 47.1. The first-order chi connectivity index (χ1) is 4.81. The van der Waals surface area contributed by atoms with Gasteiger partial charge in [-0.1, -0.05) is 12.8 Å². The Hall–Kier alpha value is -0.0800. The summed E-state index contributed by atoms with van der Waals surface area (Å²) in [5.41, 5.74) is -0.432. The SMILES string of the molecule is OC12CCCCC1COC2. The molecule has 0 radical (unpaired) electrons. The van der Waals surface area contributed by atoms with Crippen LogP contribution in [0.2, 0.25) is 0 Å². The highest BCUT2D eigenvalue weighted by Gasteiger charge is 2.43. The van der Waals surface area contributed by atoms with Gasteiger partial charge in [0.15, 0.2) is 0 Å². The highest BCUT2D eigenvalue weighted by atomic mass is 16.5. The lowest BCUT2D eigenvalue weighted by Crippen LogP contribution is -2.39. The lowest BCUT2D eigenvalue weighted by molar-refractivity contribution is -0.0242. The molecule has 2 unspecified atom stereocenters. The van der Waals surface area contributed by atoms with E-state index in [1.807, 2.05) is 0 Å². The molecule has 0 spiro atoms. The van der Waals surface area contributed by atoms with Gasteiger partial charge in [-0.05, 0) is 12.8 Å². The molecular formula is C8H14O2. The molecule has 10 heavy (non-hydrogen) atoms. The first kappa shape index (κ1) is 6.62. The van der Waals surface area contributed by atoms with Crippen LogP contribution in [0.1, 0.15) is 25.7 Å². The van der Waals surface area contributed by atoms with Gasteiger partial charge in [0, 0.05) is 5.92 Å². The standard InChI is InChI=1S/C8H14O2/c9-8-4-2-1-3-7(8)5-10-6-8/h7,9H,1-6H2. The van der Waals surface area contributed by atoms with Gasteiger partial charge in [0.2, 0.25) is 0 Å². The number of rotatable bonds is 0. The predicted molar refractivity (Wildman–Crippen MR) is 37.7 cm³/mol. The maximum absolute atomic E-state index is 9.89. The molecule has 1 aliphatic heterocycles. The van der Waals surface area contributed by atoms with Crippen molar-refractivity contribution in [3.05, 3.63) is 0 Å². The number of aliphatic hydroxyl groups is 1. The number of hydrogen-bond donors (Lipinski definition) is 1. The molecule has 2 fully saturated rings. The zero-order valence-electron chi connectivity index (χ0n) is 6.18. The fourth-order valence-corrected chi connectivity index (χ4v) is 2.10. The van der Waals surface area contributed by atoms with Gasteiger partial charge in [-0.15, -0.1) is 0 Å². The number of ether oxygens (including phenoxy) is 1. The molecule has 2 rings (SSSR count). The second kappa shape index (κ2) is 2.21. The molecule has 1 saturated carbocycles. The molecule has 58 valence electrons. The summed E-state index contributed by atoms with van der Waals surface area (Å²) in [6, 6.07) is 0. The number of hydrogen-bond acceptors (Lipinski definition) is 2. The monoisotopic (exact) mass is 142 g/mol. The summed E-state index contributed by atoms with van der Waals surface area (Å²) in [5.74, 6) is 0.446. The lowest BCUT2D eigenvalue weighted by Gasteiger charge is -2.32. The minimum atomic E-state index is -0.432. The van der Waals surface area contributed by atoms with E-state index >= 15 is 0 Å². The maximum Gasteiger partial charge on any atom is 0.0930 e. The van der Waals surface area contributed by atoms with Gasteiger partial charge >= 0.3 is 0 Å².